The van der Waals surface area contributed by atoms with Gasteiger partial charge >= 0.3 is 0 Å². The van der Waals surface area contributed by atoms with Crippen LogP contribution in [0.15, 0.2) is 18.2 Å². The zero-order valence-corrected chi connectivity index (χ0v) is 12.9. The predicted molar refractivity (Wildman–Crippen MR) is 81.6 cm³/mol. The monoisotopic (exact) mass is 281 g/mol. The van der Waals surface area contributed by atoms with Crippen molar-refractivity contribution in [3.05, 3.63) is 23.8 Å². The fourth-order valence-electron chi connectivity index (χ4n) is 1.90. The number of nitrogens with two attached hydrogens (primary N) is 1. The minimum atomic E-state index is 0.138. The lowest BCUT2D eigenvalue weighted by atomic mass is 10.1. The Morgan fingerprint density at radius 2 is 1.85 bits per heavy atom. The van der Waals surface area contributed by atoms with E-state index in [2.05, 4.69) is 6.92 Å². The highest BCUT2D eigenvalue weighted by Crippen LogP contribution is 2.28. The molecule has 1 aromatic carbocycles. The Hall–Kier alpha value is -1.26. The summed E-state index contributed by atoms with van der Waals surface area (Å²) >= 11 is 0. The highest BCUT2D eigenvalue weighted by Gasteiger charge is 2.07. The van der Waals surface area contributed by atoms with Gasteiger partial charge in [-0.2, -0.15) is 0 Å². The summed E-state index contributed by atoms with van der Waals surface area (Å²) in [6, 6.07) is 6.13. The Kier molecular flexibility index (Phi) is 8.07. The lowest BCUT2D eigenvalue weighted by Gasteiger charge is -2.14. The van der Waals surface area contributed by atoms with Crippen LogP contribution in [0.1, 0.15) is 32.8 Å². The zero-order chi connectivity index (χ0) is 14.8. The molecule has 4 heteroatoms. The minimum absolute atomic E-state index is 0.138. The summed E-state index contributed by atoms with van der Waals surface area (Å²) in [6.07, 6.45) is 1.86. The maximum absolute atomic E-state index is 5.82. The van der Waals surface area contributed by atoms with Crippen LogP contribution in [-0.2, 0) is 11.2 Å². The smallest absolute Gasteiger partial charge is 0.161 e. The number of rotatable bonds is 10. The molecule has 1 atom stereocenters. The van der Waals surface area contributed by atoms with Crippen LogP contribution in [0.2, 0.25) is 0 Å². The summed E-state index contributed by atoms with van der Waals surface area (Å²) in [4.78, 5) is 0. The second-order valence-electron chi connectivity index (χ2n) is 4.86. The van der Waals surface area contributed by atoms with E-state index in [0.29, 0.717) is 19.8 Å². The average Bonchev–Trinajstić information content (AvgIpc) is 2.40. The highest BCUT2D eigenvalue weighted by atomic mass is 16.5. The molecule has 0 radical (unpaired) electrons. The van der Waals surface area contributed by atoms with Crippen LogP contribution in [0.5, 0.6) is 11.5 Å². The zero-order valence-electron chi connectivity index (χ0n) is 12.9. The second-order valence-corrected chi connectivity index (χ2v) is 4.86. The molecule has 0 bridgehead atoms. The second kappa shape index (κ2) is 9.61. The summed E-state index contributed by atoms with van der Waals surface area (Å²) in [7, 11) is 0. The van der Waals surface area contributed by atoms with Crippen molar-refractivity contribution in [2.45, 2.75) is 39.7 Å². The first-order valence-corrected chi connectivity index (χ1v) is 7.39. The molecule has 114 valence electrons. The molecule has 0 aliphatic carbocycles. The molecule has 0 amide bonds. The molecule has 1 rings (SSSR count). The van der Waals surface area contributed by atoms with Gasteiger partial charge in [0.1, 0.15) is 6.61 Å². The third kappa shape index (κ3) is 6.26. The van der Waals surface area contributed by atoms with Crippen LogP contribution < -0.4 is 15.2 Å². The predicted octanol–water partition coefficient (Wildman–Crippen LogP) is 2.78. The van der Waals surface area contributed by atoms with Gasteiger partial charge in [0.25, 0.3) is 0 Å². The summed E-state index contributed by atoms with van der Waals surface area (Å²) in [5.41, 5.74) is 6.99. The normalized spacial score (nSPS) is 12.2. The molecule has 0 aromatic heterocycles. The molecule has 1 aromatic rings. The van der Waals surface area contributed by atoms with Gasteiger partial charge in [0.15, 0.2) is 11.5 Å². The van der Waals surface area contributed by atoms with E-state index in [0.717, 1.165) is 36.5 Å². The molecule has 2 N–H and O–H groups in total. The maximum atomic E-state index is 5.82. The molecular weight excluding hydrogens is 254 g/mol. The van der Waals surface area contributed by atoms with E-state index in [-0.39, 0.29) is 6.04 Å². The van der Waals surface area contributed by atoms with Gasteiger partial charge in [-0.25, -0.2) is 0 Å². The maximum Gasteiger partial charge on any atom is 0.161 e. The van der Waals surface area contributed by atoms with E-state index < -0.39 is 0 Å². The molecule has 0 spiro atoms. The third-order valence-electron chi connectivity index (χ3n) is 2.70. The van der Waals surface area contributed by atoms with Crippen molar-refractivity contribution in [1.82, 2.24) is 0 Å². The van der Waals surface area contributed by atoms with Crippen LogP contribution in [0, 0.1) is 0 Å². The van der Waals surface area contributed by atoms with E-state index in [1.165, 1.54) is 0 Å². The van der Waals surface area contributed by atoms with Crippen LogP contribution in [0.25, 0.3) is 0 Å². The fraction of sp³-hybridized carbons (Fsp3) is 0.625. The minimum Gasteiger partial charge on any atom is -0.490 e. The number of hydrogen-bond donors (Lipinski definition) is 1. The fourth-order valence-corrected chi connectivity index (χ4v) is 1.90. The van der Waals surface area contributed by atoms with E-state index >= 15 is 0 Å². The quantitative estimate of drug-likeness (QED) is 0.670. The van der Waals surface area contributed by atoms with Crippen LogP contribution in [0.3, 0.4) is 0 Å². The first-order chi connectivity index (χ1) is 9.67. The van der Waals surface area contributed by atoms with Crippen molar-refractivity contribution in [3.63, 3.8) is 0 Å². The van der Waals surface area contributed by atoms with Crippen molar-refractivity contribution in [2.75, 3.05) is 26.4 Å². The summed E-state index contributed by atoms with van der Waals surface area (Å²) in [6.45, 7) is 8.57. The van der Waals surface area contributed by atoms with Gasteiger partial charge in [0.2, 0.25) is 0 Å². The van der Waals surface area contributed by atoms with Gasteiger partial charge in [-0.15, -0.1) is 0 Å². The largest absolute Gasteiger partial charge is 0.490 e. The van der Waals surface area contributed by atoms with Crippen molar-refractivity contribution < 1.29 is 14.2 Å². The van der Waals surface area contributed by atoms with E-state index in [1.54, 1.807) is 0 Å². The van der Waals surface area contributed by atoms with Crippen LogP contribution in [0.4, 0.5) is 0 Å². The highest BCUT2D eigenvalue weighted by molar-refractivity contribution is 5.43. The van der Waals surface area contributed by atoms with Gasteiger partial charge in [0.05, 0.1) is 13.2 Å². The first kappa shape index (κ1) is 16.8. The van der Waals surface area contributed by atoms with E-state index in [1.807, 2.05) is 32.0 Å². The van der Waals surface area contributed by atoms with Gasteiger partial charge < -0.3 is 19.9 Å². The molecule has 0 saturated carbocycles. The summed E-state index contributed by atoms with van der Waals surface area (Å²) in [5.74, 6) is 1.54. The summed E-state index contributed by atoms with van der Waals surface area (Å²) < 4.78 is 16.7. The van der Waals surface area contributed by atoms with Crippen molar-refractivity contribution in [1.29, 1.82) is 0 Å². The molecular formula is C16H27NO3. The van der Waals surface area contributed by atoms with E-state index in [4.69, 9.17) is 19.9 Å². The van der Waals surface area contributed by atoms with Crippen molar-refractivity contribution in [2.24, 2.45) is 5.73 Å². The average molecular weight is 281 g/mol. The van der Waals surface area contributed by atoms with Gasteiger partial charge in [-0.05, 0) is 44.4 Å². The lowest BCUT2D eigenvalue weighted by molar-refractivity contribution is 0.0992. The Bertz CT molecular complexity index is 380. The molecule has 0 saturated heterocycles. The van der Waals surface area contributed by atoms with Crippen LogP contribution >= 0.6 is 0 Å². The Morgan fingerprint density at radius 1 is 1.05 bits per heavy atom. The molecule has 0 aliphatic heterocycles. The van der Waals surface area contributed by atoms with Gasteiger partial charge in [-0.3, -0.25) is 0 Å². The lowest BCUT2D eigenvalue weighted by Crippen LogP contribution is -2.17. The standard InChI is InChI=1S/C16H27NO3/c1-4-8-18-9-10-20-15-7-6-14(11-13(3)17)12-16(15)19-5-2/h6-7,12-13H,4-5,8-11,17H2,1-3H3. The topological polar surface area (TPSA) is 53.7 Å². The molecule has 0 fully saturated rings. The van der Waals surface area contributed by atoms with E-state index in [9.17, 15) is 0 Å². The SMILES string of the molecule is CCCOCCOc1ccc(CC(C)N)cc1OCC. The summed E-state index contributed by atoms with van der Waals surface area (Å²) in [5, 5.41) is 0. The van der Waals surface area contributed by atoms with Crippen molar-refractivity contribution in [3.8, 4) is 11.5 Å². The molecule has 20 heavy (non-hydrogen) atoms. The Balaban J connectivity index is 2.59. The van der Waals surface area contributed by atoms with Gasteiger partial charge in [0, 0.05) is 12.6 Å². The number of benzene rings is 1. The third-order valence-corrected chi connectivity index (χ3v) is 2.70. The Morgan fingerprint density at radius 3 is 2.50 bits per heavy atom. The molecule has 0 aliphatic rings. The number of ether oxygens (including phenoxy) is 3. The van der Waals surface area contributed by atoms with Crippen molar-refractivity contribution >= 4 is 0 Å². The molecule has 4 nitrogen and oxygen atoms in total. The van der Waals surface area contributed by atoms with Crippen LogP contribution in [-0.4, -0.2) is 32.5 Å². The Labute approximate surface area is 122 Å². The molecule has 0 heterocycles. The number of hydrogen-bond acceptors (Lipinski definition) is 4. The first-order valence-electron chi connectivity index (χ1n) is 7.39. The van der Waals surface area contributed by atoms with Gasteiger partial charge in [-0.1, -0.05) is 13.0 Å². The molecule has 1 unspecified atom stereocenters.